The number of nitriles is 1. The van der Waals surface area contributed by atoms with Gasteiger partial charge in [-0.15, -0.1) is 0 Å². The Labute approximate surface area is 125 Å². The van der Waals surface area contributed by atoms with E-state index in [1.54, 1.807) is 18.2 Å². The van der Waals surface area contributed by atoms with Gasteiger partial charge in [-0.3, -0.25) is 0 Å². The van der Waals surface area contributed by atoms with Gasteiger partial charge in [-0.05, 0) is 59.0 Å². The van der Waals surface area contributed by atoms with Crippen molar-refractivity contribution in [2.24, 2.45) is 0 Å². The van der Waals surface area contributed by atoms with E-state index in [1.165, 1.54) is 0 Å². The molecule has 1 aromatic carbocycles. The molecule has 0 bridgehead atoms. The van der Waals surface area contributed by atoms with Gasteiger partial charge in [0.15, 0.2) is 0 Å². The smallest absolute Gasteiger partial charge is 0.237 e. The number of benzene rings is 1. The first-order chi connectivity index (χ1) is 9.69. The Morgan fingerprint density at radius 2 is 2.20 bits per heavy atom. The molecule has 100 valence electrons. The molecule has 20 heavy (non-hydrogen) atoms. The first kappa shape index (κ1) is 12.9. The minimum absolute atomic E-state index is 0.347. The number of nitrogens with two attached hydrogens (primary N) is 1. The van der Waals surface area contributed by atoms with Gasteiger partial charge in [0.25, 0.3) is 0 Å². The molecule has 0 fully saturated rings. The van der Waals surface area contributed by atoms with Crippen molar-refractivity contribution in [3.63, 3.8) is 0 Å². The number of fused-ring (bicyclic) bond motifs is 1. The Balaban J connectivity index is 2.03. The molecular weight excluding hydrogens is 318 g/mol. The number of hydrogen-bond acceptors (Lipinski definition) is 4. The summed E-state index contributed by atoms with van der Waals surface area (Å²) in [7, 11) is 0. The average Bonchev–Trinajstić information content (AvgIpc) is 2.90. The second-order valence-corrected chi connectivity index (χ2v) is 5.47. The predicted molar refractivity (Wildman–Crippen MR) is 79.6 cm³/mol. The third-order valence-corrected chi connectivity index (χ3v) is 4.18. The highest BCUT2D eigenvalue weighted by Gasteiger charge is 2.18. The standard InChI is InChI=1S/C15H12BrN3O/c16-14-11(18)4-2-6-13(14)20-15-10(8-17)7-9-3-1-5-12(9)19-15/h2,4,6-7H,1,3,5,18H2. The lowest BCUT2D eigenvalue weighted by molar-refractivity contribution is 0.457. The minimum Gasteiger partial charge on any atom is -0.436 e. The number of nitrogen functional groups attached to an aromatic ring is 1. The molecule has 0 spiro atoms. The summed E-state index contributed by atoms with van der Waals surface area (Å²) in [5, 5.41) is 9.25. The molecule has 1 aromatic heterocycles. The predicted octanol–water partition coefficient (Wildman–Crippen LogP) is 3.58. The summed E-state index contributed by atoms with van der Waals surface area (Å²) in [6.07, 6.45) is 3.01. The van der Waals surface area contributed by atoms with Gasteiger partial charge in [0.1, 0.15) is 17.4 Å². The van der Waals surface area contributed by atoms with Crippen LogP contribution < -0.4 is 10.5 Å². The van der Waals surface area contributed by atoms with Crippen LogP contribution in [0.5, 0.6) is 11.6 Å². The normalized spacial score (nSPS) is 12.8. The summed E-state index contributed by atoms with van der Waals surface area (Å²) in [6.45, 7) is 0. The molecule has 0 atom stereocenters. The van der Waals surface area contributed by atoms with Gasteiger partial charge in [0, 0.05) is 11.4 Å². The largest absolute Gasteiger partial charge is 0.436 e. The number of nitrogens with zero attached hydrogens (tertiary/aromatic N) is 2. The maximum Gasteiger partial charge on any atom is 0.237 e. The van der Waals surface area contributed by atoms with Gasteiger partial charge in [0.05, 0.1) is 4.47 Å². The number of pyridine rings is 1. The first-order valence-corrected chi connectivity index (χ1v) is 7.13. The number of halogens is 1. The molecule has 3 rings (SSSR count). The van der Waals surface area contributed by atoms with Gasteiger partial charge < -0.3 is 10.5 Å². The van der Waals surface area contributed by atoms with Crippen LogP contribution in [0, 0.1) is 11.3 Å². The lowest BCUT2D eigenvalue weighted by atomic mass is 10.1. The van der Waals surface area contributed by atoms with Gasteiger partial charge in [0.2, 0.25) is 5.88 Å². The van der Waals surface area contributed by atoms with Crippen LogP contribution in [0.15, 0.2) is 28.7 Å². The lowest BCUT2D eigenvalue weighted by Crippen LogP contribution is -1.98. The van der Waals surface area contributed by atoms with Crippen LogP contribution in [0.3, 0.4) is 0 Å². The van der Waals surface area contributed by atoms with Gasteiger partial charge in [-0.1, -0.05) is 6.07 Å². The van der Waals surface area contributed by atoms with Gasteiger partial charge >= 0.3 is 0 Å². The van der Waals surface area contributed by atoms with Gasteiger partial charge in [-0.2, -0.15) is 5.26 Å². The molecule has 1 heterocycles. The quantitative estimate of drug-likeness (QED) is 0.854. The average molecular weight is 330 g/mol. The molecule has 4 nitrogen and oxygen atoms in total. The van der Waals surface area contributed by atoms with E-state index in [2.05, 4.69) is 27.0 Å². The van der Waals surface area contributed by atoms with Crippen molar-refractivity contribution in [3.8, 4) is 17.7 Å². The van der Waals surface area contributed by atoms with Crippen LogP contribution in [0.2, 0.25) is 0 Å². The van der Waals surface area contributed by atoms with Crippen LogP contribution in [-0.4, -0.2) is 4.98 Å². The van der Waals surface area contributed by atoms with E-state index < -0.39 is 0 Å². The van der Waals surface area contributed by atoms with E-state index in [0.29, 0.717) is 27.4 Å². The Morgan fingerprint density at radius 3 is 3.00 bits per heavy atom. The molecule has 0 amide bonds. The van der Waals surface area contributed by atoms with E-state index in [9.17, 15) is 5.26 Å². The van der Waals surface area contributed by atoms with E-state index in [1.807, 2.05) is 6.07 Å². The Morgan fingerprint density at radius 1 is 1.35 bits per heavy atom. The molecule has 0 radical (unpaired) electrons. The summed E-state index contributed by atoms with van der Waals surface area (Å²) in [6, 6.07) is 9.39. The third-order valence-electron chi connectivity index (χ3n) is 3.34. The van der Waals surface area contributed by atoms with Crippen LogP contribution in [-0.2, 0) is 12.8 Å². The highest BCUT2D eigenvalue weighted by Crippen LogP contribution is 2.35. The number of anilines is 1. The fourth-order valence-corrected chi connectivity index (χ4v) is 2.67. The summed E-state index contributed by atoms with van der Waals surface area (Å²) in [4.78, 5) is 4.48. The maximum atomic E-state index is 9.25. The van der Waals surface area contributed by atoms with Crippen molar-refractivity contribution in [1.82, 2.24) is 4.98 Å². The Hall–Kier alpha value is -2.06. The van der Waals surface area contributed by atoms with E-state index in [4.69, 9.17) is 10.5 Å². The van der Waals surface area contributed by atoms with Crippen LogP contribution >= 0.6 is 15.9 Å². The monoisotopic (exact) mass is 329 g/mol. The highest BCUT2D eigenvalue weighted by atomic mass is 79.9. The minimum atomic E-state index is 0.347. The Kier molecular flexibility index (Phi) is 3.33. The maximum absolute atomic E-state index is 9.25. The topological polar surface area (TPSA) is 71.9 Å². The molecule has 5 heteroatoms. The molecule has 0 aliphatic heterocycles. The van der Waals surface area contributed by atoms with E-state index >= 15 is 0 Å². The highest BCUT2D eigenvalue weighted by molar-refractivity contribution is 9.10. The summed E-state index contributed by atoms with van der Waals surface area (Å²) in [5.74, 6) is 0.909. The molecule has 0 unspecified atom stereocenters. The fraction of sp³-hybridized carbons (Fsp3) is 0.200. The van der Waals surface area contributed by atoms with Crippen LogP contribution in [0.4, 0.5) is 5.69 Å². The van der Waals surface area contributed by atoms with Crippen molar-refractivity contribution < 1.29 is 4.74 Å². The molecular formula is C15H12BrN3O. The lowest BCUT2D eigenvalue weighted by Gasteiger charge is -2.11. The van der Waals surface area contributed by atoms with Crippen LogP contribution in [0.1, 0.15) is 23.2 Å². The molecule has 2 aromatic rings. The summed E-state index contributed by atoms with van der Waals surface area (Å²) >= 11 is 3.39. The zero-order valence-electron chi connectivity index (χ0n) is 10.7. The molecule has 0 saturated heterocycles. The molecule has 2 N–H and O–H groups in total. The molecule has 1 aliphatic rings. The van der Waals surface area contributed by atoms with Crippen molar-refractivity contribution in [3.05, 3.63) is 45.6 Å². The van der Waals surface area contributed by atoms with Crippen molar-refractivity contribution in [1.29, 1.82) is 5.26 Å². The molecule has 1 aliphatic carbocycles. The number of aryl methyl sites for hydroxylation is 2. The molecule has 0 saturated carbocycles. The van der Waals surface area contributed by atoms with Crippen molar-refractivity contribution in [2.45, 2.75) is 19.3 Å². The van der Waals surface area contributed by atoms with Crippen LogP contribution in [0.25, 0.3) is 0 Å². The van der Waals surface area contributed by atoms with E-state index in [-0.39, 0.29) is 0 Å². The van der Waals surface area contributed by atoms with E-state index in [0.717, 1.165) is 30.5 Å². The number of ether oxygens (including phenoxy) is 1. The summed E-state index contributed by atoms with van der Waals surface area (Å²) in [5.41, 5.74) is 9.05. The zero-order valence-corrected chi connectivity index (χ0v) is 12.3. The SMILES string of the molecule is N#Cc1cc2c(nc1Oc1cccc(N)c1Br)CCC2. The summed E-state index contributed by atoms with van der Waals surface area (Å²) < 4.78 is 6.45. The Bertz CT molecular complexity index is 722. The zero-order chi connectivity index (χ0) is 14.1. The van der Waals surface area contributed by atoms with Gasteiger partial charge in [-0.25, -0.2) is 4.98 Å². The second kappa shape index (κ2) is 5.14. The second-order valence-electron chi connectivity index (χ2n) is 4.67. The van der Waals surface area contributed by atoms with Crippen molar-refractivity contribution >= 4 is 21.6 Å². The third kappa shape index (κ3) is 2.23. The number of rotatable bonds is 2. The number of hydrogen-bond donors (Lipinski definition) is 1. The number of aromatic nitrogens is 1. The van der Waals surface area contributed by atoms with Crippen molar-refractivity contribution in [2.75, 3.05) is 5.73 Å². The first-order valence-electron chi connectivity index (χ1n) is 6.34. The fourth-order valence-electron chi connectivity index (χ4n) is 2.32.